The number of aromatic hydroxyl groups is 1. The van der Waals surface area contributed by atoms with E-state index in [9.17, 15) is 20.4 Å². The molecule has 7 heteroatoms. The number of rotatable bonds is 3. The van der Waals surface area contributed by atoms with Crippen molar-refractivity contribution in [1.82, 2.24) is 4.98 Å². The highest BCUT2D eigenvalue weighted by atomic mass is 16.5. The second-order valence-corrected chi connectivity index (χ2v) is 9.56. The molecule has 2 N–H and O–H groups in total. The van der Waals surface area contributed by atoms with Crippen molar-refractivity contribution in [1.29, 1.82) is 10.5 Å². The topological polar surface area (TPSA) is 113 Å². The standard InChI is InChI=1S/C26H24N4O3/c1-14-11-25(2,3)30-22-18(14)9-16(33-4)10-19(22)26(24(30)32,15(12-27)13-28)21-17-7-5-6-8-20(17)29-23(21)31/h5-10,14-15,29,31H,11H2,1-4H3/t14-,26+/m0/s1. The number of para-hydroxylation sites is 1. The fourth-order valence-corrected chi connectivity index (χ4v) is 6.01. The molecule has 2 aromatic carbocycles. The number of nitrogens with one attached hydrogen (secondary N) is 1. The summed E-state index contributed by atoms with van der Waals surface area (Å²) in [6.45, 7) is 6.10. The number of methoxy groups -OCH3 is 1. The molecule has 3 aromatic rings. The Labute approximate surface area is 191 Å². The molecule has 0 spiro atoms. The first-order valence-corrected chi connectivity index (χ1v) is 10.9. The lowest BCUT2D eigenvalue weighted by Crippen LogP contribution is -2.54. The van der Waals surface area contributed by atoms with E-state index in [1.807, 2.05) is 26.0 Å². The van der Waals surface area contributed by atoms with Crippen LogP contribution in [-0.2, 0) is 10.2 Å². The molecule has 0 fully saturated rings. The number of hydrogen-bond acceptors (Lipinski definition) is 5. The zero-order chi connectivity index (χ0) is 23.7. The molecular weight excluding hydrogens is 416 g/mol. The molecule has 0 bridgehead atoms. The van der Waals surface area contributed by atoms with Gasteiger partial charge in [-0.2, -0.15) is 10.5 Å². The van der Waals surface area contributed by atoms with Gasteiger partial charge < -0.3 is 19.7 Å². The second kappa shape index (κ2) is 6.76. The zero-order valence-corrected chi connectivity index (χ0v) is 18.9. The number of fused-ring (bicyclic) bond motifs is 1. The molecule has 2 atom stereocenters. The van der Waals surface area contributed by atoms with Gasteiger partial charge in [-0.05, 0) is 49.9 Å². The van der Waals surface area contributed by atoms with Crippen LogP contribution in [-0.4, -0.2) is 28.6 Å². The summed E-state index contributed by atoms with van der Waals surface area (Å²) in [6, 6.07) is 15.0. The van der Waals surface area contributed by atoms with E-state index in [2.05, 4.69) is 24.0 Å². The molecule has 166 valence electrons. The maximum absolute atomic E-state index is 14.5. The molecule has 0 saturated heterocycles. The minimum absolute atomic E-state index is 0.128. The number of benzene rings is 2. The summed E-state index contributed by atoms with van der Waals surface area (Å²) in [5, 5.41) is 32.0. The Balaban J connectivity index is 2.01. The van der Waals surface area contributed by atoms with Gasteiger partial charge >= 0.3 is 0 Å². The Kier molecular flexibility index (Phi) is 4.28. The number of carbonyl (C=O) groups excluding carboxylic acids is 1. The lowest BCUT2D eigenvalue weighted by molar-refractivity contribution is -0.123. The van der Waals surface area contributed by atoms with Gasteiger partial charge in [-0.1, -0.05) is 25.1 Å². The van der Waals surface area contributed by atoms with E-state index in [1.165, 1.54) is 0 Å². The van der Waals surface area contributed by atoms with Crippen molar-refractivity contribution < 1.29 is 14.6 Å². The summed E-state index contributed by atoms with van der Waals surface area (Å²) in [5.74, 6) is -1.30. The van der Waals surface area contributed by atoms with Crippen molar-refractivity contribution in [2.75, 3.05) is 12.0 Å². The summed E-state index contributed by atoms with van der Waals surface area (Å²) >= 11 is 0. The smallest absolute Gasteiger partial charge is 0.245 e. The average molecular weight is 441 g/mol. The first-order chi connectivity index (χ1) is 15.7. The van der Waals surface area contributed by atoms with Crippen molar-refractivity contribution in [2.45, 2.75) is 44.1 Å². The molecule has 0 saturated carbocycles. The number of aromatic nitrogens is 1. The maximum atomic E-state index is 14.5. The fourth-order valence-electron chi connectivity index (χ4n) is 6.01. The van der Waals surface area contributed by atoms with Crippen molar-refractivity contribution in [3.8, 4) is 23.8 Å². The van der Waals surface area contributed by atoms with Crippen LogP contribution in [0.1, 0.15) is 49.8 Å². The summed E-state index contributed by atoms with van der Waals surface area (Å²) < 4.78 is 5.59. The minimum atomic E-state index is -1.72. The second-order valence-electron chi connectivity index (χ2n) is 9.56. The average Bonchev–Trinajstić information content (AvgIpc) is 3.25. The van der Waals surface area contributed by atoms with E-state index in [-0.39, 0.29) is 23.3 Å². The Morgan fingerprint density at radius 1 is 1.24 bits per heavy atom. The largest absolute Gasteiger partial charge is 0.497 e. The number of ether oxygens (including phenoxy) is 1. The lowest BCUT2D eigenvalue weighted by atomic mass is 9.66. The monoisotopic (exact) mass is 440 g/mol. The highest BCUT2D eigenvalue weighted by Gasteiger charge is 2.64. The Morgan fingerprint density at radius 3 is 2.61 bits per heavy atom. The SMILES string of the molecule is COc1cc2c3c(c1)[C@@](c1c(O)[nH]c4ccccc14)(C(C#N)C#N)C(=O)N3C(C)(C)C[C@@H]2C. The number of aromatic amines is 1. The van der Waals surface area contributed by atoms with Gasteiger partial charge in [-0.3, -0.25) is 4.79 Å². The first kappa shape index (κ1) is 20.9. The minimum Gasteiger partial charge on any atom is -0.497 e. The van der Waals surface area contributed by atoms with Crippen molar-refractivity contribution in [2.24, 2.45) is 5.92 Å². The zero-order valence-electron chi connectivity index (χ0n) is 18.9. The van der Waals surface area contributed by atoms with Gasteiger partial charge in [0.1, 0.15) is 11.2 Å². The van der Waals surface area contributed by atoms with Crippen LogP contribution in [0.15, 0.2) is 36.4 Å². The van der Waals surface area contributed by atoms with Crippen LogP contribution in [0.4, 0.5) is 5.69 Å². The van der Waals surface area contributed by atoms with E-state index in [1.54, 1.807) is 36.3 Å². The Hall–Kier alpha value is -3.97. The van der Waals surface area contributed by atoms with Gasteiger partial charge in [0.2, 0.25) is 5.91 Å². The lowest BCUT2D eigenvalue weighted by Gasteiger charge is -2.44. The van der Waals surface area contributed by atoms with Crippen LogP contribution in [0.2, 0.25) is 0 Å². The Bertz CT molecular complexity index is 1390. The van der Waals surface area contributed by atoms with Gasteiger partial charge in [0.25, 0.3) is 0 Å². The van der Waals surface area contributed by atoms with Gasteiger partial charge in [0, 0.05) is 27.6 Å². The van der Waals surface area contributed by atoms with Gasteiger partial charge in [0.15, 0.2) is 11.8 Å². The quantitative estimate of drug-likeness (QED) is 0.624. The molecule has 0 aliphatic carbocycles. The predicted molar refractivity (Wildman–Crippen MR) is 123 cm³/mol. The highest BCUT2D eigenvalue weighted by Crippen LogP contribution is 2.61. The number of nitriles is 2. The van der Waals surface area contributed by atoms with Crippen molar-refractivity contribution in [3.05, 3.63) is 53.1 Å². The van der Waals surface area contributed by atoms with Crippen LogP contribution in [0.25, 0.3) is 10.9 Å². The third-order valence-electron chi connectivity index (χ3n) is 7.25. The van der Waals surface area contributed by atoms with E-state index in [0.717, 1.165) is 5.56 Å². The number of carbonyl (C=O) groups is 1. The van der Waals surface area contributed by atoms with E-state index < -0.39 is 16.9 Å². The third kappa shape index (κ3) is 2.45. The number of amides is 1. The van der Waals surface area contributed by atoms with Crippen LogP contribution in [0.5, 0.6) is 11.6 Å². The van der Waals surface area contributed by atoms with E-state index in [4.69, 9.17) is 4.74 Å². The van der Waals surface area contributed by atoms with Crippen LogP contribution >= 0.6 is 0 Å². The van der Waals surface area contributed by atoms with Crippen molar-refractivity contribution >= 4 is 22.5 Å². The molecule has 0 radical (unpaired) electrons. The molecule has 33 heavy (non-hydrogen) atoms. The molecular formula is C26H24N4O3. The predicted octanol–water partition coefficient (Wildman–Crippen LogP) is 4.46. The van der Waals surface area contributed by atoms with Gasteiger partial charge in [-0.25, -0.2) is 0 Å². The molecule has 0 unspecified atom stereocenters. The maximum Gasteiger partial charge on any atom is 0.245 e. The van der Waals surface area contributed by atoms with Gasteiger partial charge in [0.05, 0.1) is 24.9 Å². The number of anilines is 1. The molecule has 5 rings (SSSR count). The van der Waals surface area contributed by atoms with E-state index >= 15 is 0 Å². The van der Waals surface area contributed by atoms with Crippen LogP contribution in [0.3, 0.4) is 0 Å². The molecule has 2 aliphatic rings. The highest BCUT2D eigenvalue weighted by molar-refractivity contribution is 6.15. The third-order valence-corrected chi connectivity index (χ3v) is 7.25. The summed E-state index contributed by atoms with van der Waals surface area (Å²) in [6.07, 6.45) is 0.706. The first-order valence-electron chi connectivity index (χ1n) is 10.9. The van der Waals surface area contributed by atoms with E-state index in [0.29, 0.717) is 34.3 Å². The molecule has 7 nitrogen and oxygen atoms in total. The fraction of sp³-hybridized carbons (Fsp3) is 0.346. The molecule has 1 aromatic heterocycles. The summed E-state index contributed by atoms with van der Waals surface area (Å²) in [7, 11) is 1.55. The van der Waals surface area contributed by atoms with Crippen LogP contribution in [0, 0.1) is 28.6 Å². The molecule has 3 heterocycles. The molecule has 1 amide bonds. The number of hydrogen-bond donors (Lipinski definition) is 2. The number of H-pyrrole nitrogens is 1. The summed E-state index contributed by atoms with van der Waals surface area (Å²) in [4.78, 5) is 19.2. The normalized spacial score (nSPS) is 22.8. The number of nitrogens with zero attached hydrogens (tertiary/aromatic N) is 3. The van der Waals surface area contributed by atoms with Gasteiger partial charge in [-0.15, -0.1) is 0 Å². The van der Waals surface area contributed by atoms with Crippen molar-refractivity contribution in [3.63, 3.8) is 0 Å². The summed E-state index contributed by atoms with van der Waals surface area (Å²) in [5.41, 5.74) is 0.785. The Morgan fingerprint density at radius 2 is 1.94 bits per heavy atom. The van der Waals surface area contributed by atoms with Crippen LogP contribution < -0.4 is 9.64 Å². The molecule has 2 aliphatic heterocycles.